The summed E-state index contributed by atoms with van der Waals surface area (Å²) in [4.78, 5) is 5.06. The molecular weight excluding hydrogens is 689 g/mol. The van der Waals surface area contributed by atoms with Crippen molar-refractivity contribution in [3.63, 3.8) is 0 Å². The van der Waals surface area contributed by atoms with Gasteiger partial charge in [-0.15, -0.1) is 0 Å². The van der Waals surface area contributed by atoms with Crippen molar-refractivity contribution in [2.45, 2.75) is 0 Å². The van der Waals surface area contributed by atoms with Gasteiger partial charge in [-0.2, -0.15) is 0 Å². The molecule has 11 rings (SSSR count). The highest BCUT2D eigenvalue weighted by Gasteiger charge is 2.18. The highest BCUT2D eigenvalue weighted by atomic mass is 15.0. The molecule has 0 unspecified atom stereocenters. The Bertz CT molecular complexity index is 3180. The minimum absolute atomic E-state index is 0.954. The first-order valence-corrected chi connectivity index (χ1v) is 19.5. The third-order valence-electron chi connectivity index (χ3n) is 11.5. The highest BCUT2D eigenvalue weighted by Crippen LogP contribution is 2.44. The lowest BCUT2D eigenvalue weighted by Gasteiger charge is -2.18. The molecule has 57 heavy (non-hydrogen) atoms. The van der Waals surface area contributed by atoms with Gasteiger partial charge >= 0.3 is 0 Å². The van der Waals surface area contributed by atoms with Crippen LogP contribution in [0.4, 0.5) is 0 Å². The fraction of sp³-hybridized carbons (Fsp3) is 0. The Morgan fingerprint density at radius 2 is 0.719 bits per heavy atom. The Labute approximate surface area is 331 Å². The summed E-state index contributed by atoms with van der Waals surface area (Å²) in [5, 5.41) is 7.43. The number of benzene rings is 9. The summed E-state index contributed by atoms with van der Waals surface area (Å²) < 4.78 is 2.36. The Balaban J connectivity index is 0.940. The largest absolute Gasteiger partial charge is 0.309 e. The summed E-state index contributed by atoms with van der Waals surface area (Å²) in [5.41, 5.74) is 15.3. The van der Waals surface area contributed by atoms with E-state index in [9.17, 15) is 0 Å². The molecule has 0 spiro atoms. The molecule has 0 aliphatic rings. The van der Waals surface area contributed by atoms with Crippen molar-refractivity contribution in [1.82, 2.24) is 9.55 Å². The minimum atomic E-state index is 0.954. The van der Waals surface area contributed by atoms with E-state index in [1.54, 1.807) is 0 Å². The monoisotopic (exact) mass is 724 g/mol. The second kappa shape index (κ2) is 13.6. The van der Waals surface area contributed by atoms with Crippen molar-refractivity contribution in [1.29, 1.82) is 0 Å². The van der Waals surface area contributed by atoms with Crippen LogP contribution in [0.1, 0.15) is 0 Å². The fourth-order valence-electron chi connectivity index (χ4n) is 8.76. The Morgan fingerprint density at radius 1 is 0.281 bits per heavy atom. The molecule has 0 atom stereocenters. The zero-order chi connectivity index (χ0) is 37.7. The molecule has 11 aromatic rings. The number of pyridine rings is 1. The predicted molar refractivity (Wildman–Crippen MR) is 241 cm³/mol. The Morgan fingerprint density at radius 3 is 1.33 bits per heavy atom. The quantitative estimate of drug-likeness (QED) is 0.156. The van der Waals surface area contributed by atoms with Crippen LogP contribution in [0.3, 0.4) is 0 Å². The third kappa shape index (κ3) is 5.61. The van der Waals surface area contributed by atoms with Gasteiger partial charge in [-0.25, -0.2) is 0 Å². The van der Waals surface area contributed by atoms with E-state index in [0.29, 0.717) is 0 Å². The van der Waals surface area contributed by atoms with Crippen LogP contribution in [-0.2, 0) is 0 Å². The summed E-state index contributed by atoms with van der Waals surface area (Å²) in [6.07, 6.45) is 2.04. The van der Waals surface area contributed by atoms with E-state index in [2.05, 4.69) is 217 Å². The van der Waals surface area contributed by atoms with Gasteiger partial charge in [0.2, 0.25) is 0 Å². The molecule has 0 aliphatic carbocycles. The second-order valence-corrected chi connectivity index (χ2v) is 14.7. The van der Waals surface area contributed by atoms with Crippen molar-refractivity contribution < 1.29 is 0 Å². The average Bonchev–Trinajstić information content (AvgIpc) is 3.63. The van der Waals surface area contributed by atoms with Crippen molar-refractivity contribution in [3.8, 4) is 61.5 Å². The van der Waals surface area contributed by atoms with E-state index in [0.717, 1.165) is 16.8 Å². The summed E-state index contributed by atoms with van der Waals surface area (Å²) in [7, 11) is 0. The maximum Gasteiger partial charge on any atom is 0.0702 e. The highest BCUT2D eigenvalue weighted by molar-refractivity contribution is 6.21. The number of fused-ring (bicyclic) bond motifs is 5. The zero-order valence-electron chi connectivity index (χ0n) is 31.2. The lowest BCUT2D eigenvalue weighted by molar-refractivity contribution is 1.18. The van der Waals surface area contributed by atoms with Gasteiger partial charge in [0.15, 0.2) is 0 Å². The van der Waals surface area contributed by atoms with Gasteiger partial charge < -0.3 is 4.57 Å². The maximum atomic E-state index is 5.06. The first-order valence-electron chi connectivity index (χ1n) is 19.5. The molecule has 0 radical (unpaired) electrons. The van der Waals surface area contributed by atoms with E-state index >= 15 is 0 Å². The standard InChI is InChI=1S/C55H36N2/c1-3-13-37(14-4-1)38-25-29-41(30-26-38)54-46-18-7-9-20-48(46)55(49-21-10-8-19-47(49)54)43-31-33-51(56-36-43)40-27-23-39(24-28-40)42-32-34-53-50(35-42)45-17-11-12-22-52(45)57(53)44-15-5-2-6-16-44/h1-36H. The Hall–Kier alpha value is -7.55. The van der Waals surface area contributed by atoms with Crippen LogP contribution in [0.25, 0.3) is 105 Å². The topological polar surface area (TPSA) is 17.8 Å². The maximum absolute atomic E-state index is 5.06. The molecule has 0 bridgehead atoms. The van der Waals surface area contributed by atoms with Gasteiger partial charge in [0, 0.05) is 33.8 Å². The van der Waals surface area contributed by atoms with Gasteiger partial charge in [0.25, 0.3) is 0 Å². The predicted octanol–water partition coefficient (Wildman–Crippen LogP) is 14.8. The SMILES string of the molecule is c1ccc(-c2ccc(-c3c4ccccc4c(-c4ccc(-c5ccc(-c6ccc7c(c6)c6ccccc6n7-c6ccccc6)cc5)nc4)c4ccccc34)cc2)cc1. The number of rotatable bonds is 6. The fourth-order valence-corrected chi connectivity index (χ4v) is 8.76. The molecule has 2 heteroatoms. The van der Waals surface area contributed by atoms with E-state index in [4.69, 9.17) is 4.98 Å². The van der Waals surface area contributed by atoms with Gasteiger partial charge in [-0.1, -0.05) is 176 Å². The zero-order valence-corrected chi connectivity index (χ0v) is 31.2. The van der Waals surface area contributed by atoms with Crippen LogP contribution in [0.5, 0.6) is 0 Å². The third-order valence-corrected chi connectivity index (χ3v) is 11.5. The van der Waals surface area contributed by atoms with E-state index in [1.807, 2.05) is 6.20 Å². The van der Waals surface area contributed by atoms with Gasteiger partial charge in [-0.05, 0) is 96.9 Å². The van der Waals surface area contributed by atoms with Crippen molar-refractivity contribution in [2.24, 2.45) is 0 Å². The van der Waals surface area contributed by atoms with Crippen molar-refractivity contribution >= 4 is 43.4 Å². The molecule has 0 saturated heterocycles. The molecule has 0 amide bonds. The van der Waals surface area contributed by atoms with Crippen molar-refractivity contribution in [3.05, 3.63) is 219 Å². The second-order valence-electron chi connectivity index (χ2n) is 14.7. The van der Waals surface area contributed by atoms with E-state index < -0.39 is 0 Å². The van der Waals surface area contributed by atoms with Gasteiger partial charge in [0.05, 0.1) is 16.7 Å². The summed E-state index contributed by atoms with van der Waals surface area (Å²) >= 11 is 0. The number of nitrogens with zero attached hydrogens (tertiary/aromatic N) is 2. The minimum Gasteiger partial charge on any atom is -0.309 e. The van der Waals surface area contributed by atoms with Gasteiger partial charge in [-0.3, -0.25) is 4.98 Å². The number of hydrogen-bond donors (Lipinski definition) is 0. The summed E-state index contributed by atoms with van der Waals surface area (Å²) in [5.74, 6) is 0. The molecule has 266 valence electrons. The number of para-hydroxylation sites is 2. The molecule has 2 aromatic heterocycles. The molecule has 0 aliphatic heterocycles. The number of aromatic nitrogens is 2. The van der Waals surface area contributed by atoms with Crippen LogP contribution >= 0.6 is 0 Å². The van der Waals surface area contributed by atoms with Crippen LogP contribution in [-0.4, -0.2) is 9.55 Å². The molecule has 0 fully saturated rings. The number of hydrogen-bond acceptors (Lipinski definition) is 1. The van der Waals surface area contributed by atoms with Crippen LogP contribution < -0.4 is 0 Å². The summed E-state index contributed by atoms with van der Waals surface area (Å²) in [6.45, 7) is 0. The van der Waals surface area contributed by atoms with Crippen LogP contribution in [0.15, 0.2) is 219 Å². The summed E-state index contributed by atoms with van der Waals surface area (Å²) in [6, 6.07) is 76.5. The molecule has 2 heterocycles. The van der Waals surface area contributed by atoms with Crippen LogP contribution in [0, 0.1) is 0 Å². The van der Waals surface area contributed by atoms with E-state index in [1.165, 1.54) is 88.0 Å². The molecular formula is C55H36N2. The van der Waals surface area contributed by atoms with Crippen LogP contribution in [0.2, 0.25) is 0 Å². The van der Waals surface area contributed by atoms with Gasteiger partial charge in [0.1, 0.15) is 0 Å². The molecule has 2 nitrogen and oxygen atoms in total. The molecule has 0 N–H and O–H groups in total. The normalized spacial score (nSPS) is 11.5. The van der Waals surface area contributed by atoms with E-state index in [-0.39, 0.29) is 0 Å². The lowest BCUT2D eigenvalue weighted by Crippen LogP contribution is -1.92. The molecule has 0 saturated carbocycles. The molecule has 9 aromatic carbocycles. The average molecular weight is 725 g/mol. The lowest BCUT2D eigenvalue weighted by atomic mass is 9.86. The smallest absolute Gasteiger partial charge is 0.0702 e. The Kier molecular flexibility index (Phi) is 7.86. The first kappa shape index (κ1) is 32.8. The van der Waals surface area contributed by atoms with Crippen molar-refractivity contribution in [2.75, 3.05) is 0 Å². The first-order chi connectivity index (χ1) is 28.3.